The van der Waals surface area contributed by atoms with Gasteiger partial charge in [-0.3, -0.25) is 4.68 Å². The highest BCUT2D eigenvalue weighted by Crippen LogP contribution is 2.32. The summed E-state index contributed by atoms with van der Waals surface area (Å²) in [5.41, 5.74) is 0. The van der Waals surface area contributed by atoms with Gasteiger partial charge in [0, 0.05) is 25.9 Å². The molecule has 15 heavy (non-hydrogen) atoms. The second-order valence-corrected chi connectivity index (χ2v) is 4.34. The Bertz CT molecular complexity index is 312. The molecule has 1 N–H and O–H groups in total. The average Bonchev–Trinajstić information content (AvgIpc) is 2.83. The van der Waals surface area contributed by atoms with Crippen molar-refractivity contribution in [3.8, 4) is 0 Å². The lowest BCUT2D eigenvalue weighted by atomic mass is 10.1. The van der Waals surface area contributed by atoms with Crippen molar-refractivity contribution in [2.45, 2.75) is 38.0 Å². The van der Waals surface area contributed by atoms with E-state index in [1.807, 2.05) is 18.8 Å². The first-order chi connectivity index (χ1) is 7.31. The summed E-state index contributed by atoms with van der Waals surface area (Å²) in [7, 11) is 3.96. The van der Waals surface area contributed by atoms with Crippen LogP contribution in [0, 0.1) is 0 Å². The molecule has 1 aliphatic rings. The minimum Gasteiger partial charge on any atom is -0.319 e. The lowest BCUT2D eigenvalue weighted by Crippen LogP contribution is -2.13. The van der Waals surface area contributed by atoms with Crippen LogP contribution in [0.3, 0.4) is 0 Å². The molecule has 2 rings (SSSR count). The average molecular weight is 208 g/mol. The lowest BCUT2D eigenvalue weighted by molar-refractivity contribution is 0.638. The van der Waals surface area contributed by atoms with Gasteiger partial charge in [-0.1, -0.05) is 12.8 Å². The Morgan fingerprint density at radius 2 is 2.13 bits per heavy atom. The number of aryl methyl sites for hydroxylation is 1. The molecule has 1 aliphatic carbocycles. The zero-order valence-corrected chi connectivity index (χ0v) is 9.66. The van der Waals surface area contributed by atoms with Crippen molar-refractivity contribution >= 4 is 0 Å². The molecule has 1 saturated carbocycles. The van der Waals surface area contributed by atoms with Crippen LogP contribution >= 0.6 is 0 Å². The fraction of sp³-hybridized carbons (Fsp3) is 0.818. The van der Waals surface area contributed by atoms with Gasteiger partial charge in [-0.05, 0) is 19.9 Å². The van der Waals surface area contributed by atoms with Crippen molar-refractivity contribution in [3.63, 3.8) is 0 Å². The van der Waals surface area contributed by atoms with Crippen LogP contribution in [0.2, 0.25) is 0 Å². The van der Waals surface area contributed by atoms with Crippen molar-refractivity contribution in [2.24, 2.45) is 7.05 Å². The van der Waals surface area contributed by atoms with Crippen molar-refractivity contribution in [1.29, 1.82) is 0 Å². The van der Waals surface area contributed by atoms with Crippen LogP contribution in [0.5, 0.6) is 0 Å². The molecule has 0 radical (unpaired) electrons. The van der Waals surface area contributed by atoms with E-state index in [9.17, 15) is 0 Å². The van der Waals surface area contributed by atoms with Gasteiger partial charge in [0.05, 0.1) is 0 Å². The quantitative estimate of drug-likeness (QED) is 0.809. The van der Waals surface area contributed by atoms with Crippen molar-refractivity contribution in [2.75, 3.05) is 13.6 Å². The summed E-state index contributed by atoms with van der Waals surface area (Å²) in [4.78, 5) is 4.64. The molecule has 0 bridgehead atoms. The number of aromatic nitrogens is 3. The number of rotatable bonds is 4. The van der Waals surface area contributed by atoms with Crippen molar-refractivity contribution < 1.29 is 0 Å². The van der Waals surface area contributed by atoms with Crippen LogP contribution in [0.15, 0.2) is 0 Å². The van der Waals surface area contributed by atoms with Crippen LogP contribution in [0.4, 0.5) is 0 Å². The molecular formula is C11H20N4. The highest BCUT2D eigenvalue weighted by Gasteiger charge is 2.21. The van der Waals surface area contributed by atoms with Crippen LogP contribution < -0.4 is 5.32 Å². The van der Waals surface area contributed by atoms with E-state index in [-0.39, 0.29) is 0 Å². The topological polar surface area (TPSA) is 42.7 Å². The molecule has 1 heterocycles. The van der Waals surface area contributed by atoms with Crippen molar-refractivity contribution in [1.82, 2.24) is 20.1 Å². The van der Waals surface area contributed by atoms with Crippen LogP contribution in [-0.2, 0) is 13.5 Å². The van der Waals surface area contributed by atoms with Crippen molar-refractivity contribution in [3.05, 3.63) is 11.6 Å². The molecule has 1 aromatic heterocycles. The Hall–Kier alpha value is -0.900. The summed E-state index contributed by atoms with van der Waals surface area (Å²) in [5, 5.41) is 7.66. The number of nitrogens with zero attached hydrogens (tertiary/aromatic N) is 3. The number of hydrogen-bond acceptors (Lipinski definition) is 3. The first kappa shape index (κ1) is 10.6. The largest absolute Gasteiger partial charge is 0.319 e. The summed E-state index contributed by atoms with van der Waals surface area (Å²) < 4.78 is 1.94. The van der Waals surface area contributed by atoms with E-state index in [0.29, 0.717) is 5.92 Å². The van der Waals surface area contributed by atoms with E-state index in [1.54, 1.807) is 0 Å². The fourth-order valence-electron chi connectivity index (χ4n) is 2.25. The van der Waals surface area contributed by atoms with Gasteiger partial charge in [-0.2, -0.15) is 5.10 Å². The molecule has 0 aliphatic heterocycles. The van der Waals surface area contributed by atoms with E-state index in [1.165, 1.54) is 25.7 Å². The van der Waals surface area contributed by atoms with Gasteiger partial charge in [0.1, 0.15) is 5.82 Å². The SMILES string of the molecule is CNCCc1nc(C2CCCC2)nn1C. The zero-order valence-electron chi connectivity index (χ0n) is 9.66. The molecule has 1 fully saturated rings. The maximum atomic E-state index is 4.64. The first-order valence-electron chi connectivity index (χ1n) is 5.85. The fourth-order valence-corrected chi connectivity index (χ4v) is 2.25. The van der Waals surface area contributed by atoms with E-state index in [2.05, 4.69) is 15.4 Å². The standard InChI is InChI=1S/C11H20N4/c1-12-8-7-10-13-11(14-15(10)2)9-5-3-4-6-9/h9,12H,3-8H2,1-2H3. The molecule has 0 atom stereocenters. The Labute approximate surface area is 91.1 Å². The van der Waals surface area contributed by atoms with Gasteiger partial charge in [-0.25, -0.2) is 4.98 Å². The maximum absolute atomic E-state index is 4.64. The molecule has 0 aromatic carbocycles. The Morgan fingerprint density at radius 1 is 1.40 bits per heavy atom. The Balaban J connectivity index is 2.06. The molecule has 0 unspecified atom stereocenters. The van der Waals surface area contributed by atoms with Crippen LogP contribution in [-0.4, -0.2) is 28.4 Å². The molecule has 0 saturated heterocycles. The summed E-state index contributed by atoms with van der Waals surface area (Å²) in [5.74, 6) is 2.80. The second kappa shape index (κ2) is 4.75. The lowest BCUT2D eigenvalue weighted by Gasteiger charge is -2.00. The molecule has 4 nitrogen and oxygen atoms in total. The van der Waals surface area contributed by atoms with Gasteiger partial charge < -0.3 is 5.32 Å². The second-order valence-electron chi connectivity index (χ2n) is 4.34. The third-order valence-corrected chi connectivity index (χ3v) is 3.19. The number of nitrogens with one attached hydrogen (secondary N) is 1. The monoisotopic (exact) mass is 208 g/mol. The Morgan fingerprint density at radius 3 is 2.80 bits per heavy atom. The third-order valence-electron chi connectivity index (χ3n) is 3.19. The minimum absolute atomic E-state index is 0.625. The molecule has 4 heteroatoms. The van der Waals surface area contributed by atoms with Gasteiger partial charge in [0.2, 0.25) is 0 Å². The number of hydrogen-bond donors (Lipinski definition) is 1. The molecule has 84 valence electrons. The van der Waals surface area contributed by atoms with E-state index in [4.69, 9.17) is 0 Å². The summed E-state index contributed by atoms with van der Waals surface area (Å²) in [6, 6.07) is 0. The van der Waals surface area contributed by atoms with Crippen LogP contribution in [0.25, 0.3) is 0 Å². The van der Waals surface area contributed by atoms with Gasteiger partial charge in [0.25, 0.3) is 0 Å². The highest BCUT2D eigenvalue weighted by molar-refractivity contribution is 5.01. The highest BCUT2D eigenvalue weighted by atomic mass is 15.3. The first-order valence-corrected chi connectivity index (χ1v) is 5.85. The minimum atomic E-state index is 0.625. The third kappa shape index (κ3) is 2.37. The summed E-state index contributed by atoms with van der Waals surface area (Å²) >= 11 is 0. The molecular weight excluding hydrogens is 188 g/mol. The normalized spacial score (nSPS) is 17.5. The molecule has 0 amide bonds. The molecule has 0 spiro atoms. The van der Waals surface area contributed by atoms with Gasteiger partial charge in [0.15, 0.2) is 5.82 Å². The predicted octanol–water partition coefficient (Wildman–Crippen LogP) is 1.23. The van der Waals surface area contributed by atoms with E-state index in [0.717, 1.165) is 24.6 Å². The van der Waals surface area contributed by atoms with Crippen LogP contribution in [0.1, 0.15) is 43.3 Å². The summed E-state index contributed by atoms with van der Waals surface area (Å²) in [6.45, 7) is 0.969. The van der Waals surface area contributed by atoms with Gasteiger partial charge >= 0.3 is 0 Å². The van der Waals surface area contributed by atoms with E-state index < -0.39 is 0 Å². The number of likely N-dealkylation sites (N-methyl/N-ethyl adjacent to an activating group) is 1. The van der Waals surface area contributed by atoms with E-state index >= 15 is 0 Å². The predicted molar refractivity (Wildman–Crippen MR) is 59.8 cm³/mol. The smallest absolute Gasteiger partial charge is 0.154 e. The van der Waals surface area contributed by atoms with Gasteiger partial charge in [-0.15, -0.1) is 0 Å². The maximum Gasteiger partial charge on any atom is 0.154 e. The zero-order chi connectivity index (χ0) is 10.7. The summed E-state index contributed by atoms with van der Waals surface area (Å²) in [6.07, 6.45) is 6.20. The Kier molecular flexibility index (Phi) is 3.36. The molecule has 1 aromatic rings.